The van der Waals surface area contributed by atoms with Gasteiger partial charge >= 0.3 is 0 Å². The van der Waals surface area contributed by atoms with Crippen molar-refractivity contribution in [3.8, 4) is 0 Å². The summed E-state index contributed by atoms with van der Waals surface area (Å²) >= 11 is 0. The van der Waals surface area contributed by atoms with Crippen molar-refractivity contribution < 1.29 is 13.6 Å². The van der Waals surface area contributed by atoms with Gasteiger partial charge in [0.05, 0.1) is 6.54 Å². The first-order valence-corrected chi connectivity index (χ1v) is 8.30. The molecule has 1 fully saturated rings. The van der Waals surface area contributed by atoms with E-state index in [-0.39, 0.29) is 17.5 Å². The van der Waals surface area contributed by atoms with Crippen LogP contribution < -0.4 is 10.2 Å². The summed E-state index contributed by atoms with van der Waals surface area (Å²) in [7, 11) is 0. The summed E-state index contributed by atoms with van der Waals surface area (Å²) in [6.45, 7) is 5.15. The predicted molar refractivity (Wildman–Crippen MR) is 94.8 cm³/mol. The molecular weight excluding hydrogens is 324 g/mol. The molecule has 1 N–H and O–H groups in total. The molecule has 0 aromatic heterocycles. The Balaban J connectivity index is 1.50. The Morgan fingerprint density at radius 1 is 1.00 bits per heavy atom. The maximum absolute atomic E-state index is 13.1. The number of anilines is 2. The molecule has 132 valence electrons. The van der Waals surface area contributed by atoms with Gasteiger partial charge in [-0.05, 0) is 55.0 Å². The van der Waals surface area contributed by atoms with Crippen LogP contribution in [0, 0.1) is 18.6 Å². The zero-order valence-electron chi connectivity index (χ0n) is 14.1. The van der Waals surface area contributed by atoms with Crippen molar-refractivity contribution in [1.82, 2.24) is 4.90 Å². The SMILES string of the molecule is Cc1cc(F)ccc1NC(=O)CN1CCN(c2ccc(F)cc2)CC1. The first kappa shape index (κ1) is 17.4. The van der Waals surface area contributed by atoms with Crippen molar-refractivity contribution in [1.29, 1.82) is 0 Å². The molecule has 1 aliphatic heterocycles. The summed E-state index contributed by atoms with van der Waals surface area (Å²) in [6.07, 6.45) is 0. The number of aryl methyl sites for hydroxylation is 1. The maximum Gasteiger partial charge on any atom is 0.238 e. The first-order chi connectivity index (χ1) is 12.0. The standard InChI is InChI=1S/C19H21F2N3O/c1-14-12-16(21)4-7-18(14)22-19(25)13-23-8-10-24(11-9-23)17-5-2-15(20)3-6-17/h2-7,12H,8-11,13H2,1H3,(H,22,25). The molecule has 1 amide bonds. The van der Waals surface area contributed by atoms with E-state index in [0.717, 1.165) is 31.9 Å². The third-order valence-corrected chi connectivity index (χ3v) is 4.39. The number of rotatable bonds is 4. The fourth-order valence-electron chi connectivity index (χ4n) is 2.98. The van der Waals surface area contributed by atoms with Crippen LogP contribution in [-0.2, 0) is 4.79 Å². The van der Waals surface area contributed by atoms with Gasteiger partial charge in [0.2, 0.25) is 5.91 Å². The number of hydrogen-bond acceptors (Lipinski definition) is 3. The van der Waals surface area contributed by atoms with E-state index in [9.17, 15) is 13.6 Å². The Morgan fingerprint density at radius 3 is 2.28 bits per heavy atom. The number of piperazine rings is 1. The number of amides is 1. The van der Waals surface area contributed by atoms with Crippen LogP contribution in [-0.4, -0.2) is 43.5 Å². The zero-order valence-corrected chi connectivity index (χ0v) is 14.1. The van der Waals surface area contributed by atoms with Gasteiger partial charge in [0.15, 0.2) is 0 Å². The van der Waals surface area contributed by atoms with E-state index in [0.29, 0.717) is 17.8 Å². The third-order valence-electron chi connectivity index (χ3n) is 4.39. The molecule has 0 saturated carbocycles. The molecule has 1 aliphatic rings. The molecule has 6 heteroatoms. The van der Waals surface area contributed by atoms with Crippen molar-refractivity contribution >= 4 is 17.3 Å². The van der Waals surface area contributed by atoms with Gasteiger partial charge in [-0.25, -0.2) is 8.78 Å². The van der Waals surface area contributed by atoms with Gasteiger partial charge in [-0.1, -0.05) is 0 Å². The summed E-state index contributed by atoms with van der Waals surface area (Å²) in [4.78, 5) is 16.5. The van der Waals surface area contributed by atoms with Gasteiger partial charge in [-0.2, -0.15) is 0 Å². The largest absolute Gasteiger partial charge is 0.369 e. The molecule has 0 aliphatic carbocycles. The van der Waals surface area contributed by atoms with E-state index in [1.54, 1.807) is 25.1 Å². The van der Waals surface area contributed by atoms with Crippen molar-refractivity contribution in [3.05, 3.63) is 59.7 Å². The van der Waals surface area contributed by atoms with Gasteiger partial charge in [0.25, 0.3) is 0 Å². The Morgan fingerprint density at radius 2 is 1.64 bits per heavy atom. The van der Waals surface area contributed by atoms with Crippen LogP contribution in [0.5, 0.6) is 0 Å². The molecule has 3 rings (SSSR count). The van der Waals surface area contributed by atoms with Crippen LogP contribution in [0.25, 0.3) is 0 Å². The lowest BCUT2D eigenvalue weighted by Crippen LogP contribution is -2.48. The molecule has 1 saturated heterocycles. The summed E-state index contributed by atoms with van der Waals surface area (Å²) in [5.41, 5.74) is 2.33. The number of hydrogen-bond donors (Lipinski definition) is 1. The summed E-state index contributed by atoms with van der Waals surface area (Å²) in [6, 6.07) is 10.8. The average molecular weight is 345 g/mol. The number of halogens is 2. The maximum atomic E-state index is 13.1. The van der Waals surface area contributed by atoms with E-state index in [2.05, 4.69) is 15.1 Å². The topological polar surface area (TPSA) is 35.6 Å². The van der Waals surface area contributed by atoms with Gasteiger partial charge in [0, 0.05) is 37.6 Å². The fraction of sp³-hybridized carbons (Fsp3) is 0.316. The molecule has 2 aromatic rings. The first-order valence-electron chi connectivity index (χ1n) is 8.30. The lowest BCUT2D eigenvalue weighted by Gasteiger charge is -2.35. The molecular formula is C19H21F2N3O. The third kappa shape index (κ3) is 4.54. The van der Waals surface area contributed by atoms with E-state index in [1.165, 1.54) is 24.3 Å². The highest BCUT2D eigenvalue weighted by molar-refractivity contribution is 5.92. The lowest BCUT2D eigenvalue weighted by atomic mass is 10.2. The Bertz CT molecular complexity index is 741. The summed E-state index contributed by atoms with van der Waals surface area (Å²) in [5, 5.41) is 2.83. The second-order valence-corrected chi connectivity index (χ2v) is 6.25. The molecule has 0 unspecified atom stereocenters. The van der Waals surface area contributed by atoms with Crippen LogP contribution >= 0.6 is 0 Å². The lowest BCUT2D eigenvalue weighted by molar-refractivity contribution is -0.117. The van der Waals surface area contributed by atoms with Gasteiger partial charge < -0.3 is 10.2 Å². The van der Waals surface area contributed by atoms with Crippen LogP contribution in [0.15, 0.2) is 42.5 Å². The van der Waals surface area contributed by atoms with Gasteiger partial charge in [-0.3, -0.25) is 9.69 Å². The van der Waals surface area contributed by atoms with Gasteiger partial charge in [-0.15, -0.1) is 0 Å². The van der Waals surface area contributed by atoms with Crippen LogP contribution in [0.2, 0.25) is 0 Å². The second-order valence-electron chi connectivity index (χ2n) is 6.25. The minimum Gasteiger partial charge on any atom is -0.369 e. The minimum absolute atomic E-state index is 0.107. The Kier molecular flexibility index (Phi) is 5.28. The summed E-state index contributed by atoms with van der Waals surface area (Å²) < 4.78 is 26.1. The minimum atomic E-state index is -0.313. The molecule has 4 nitrogen and oxygen atoms in total. The highest BCUT2D eigenvalue weighted by Gasteiger charge is 2.19. The number of nitrogens with zero attached hydrogens (tertiary/aromatic N) is 2. The molecule has 2 aromatic carbocycles. The molecule has 0 bridgehead atoms. The Hall–Kier alpha value is -2.47. The number of benzene rings is 2. The molecule has 1 heterocycles. The monoisotopic (exact) mass is 345 g/mol. The van der Waals surface area contributed by atoms with Crippen LogP contribution in [0.4, 0.5) is 20.2 Å². The predicted octanol–water partition coefficient (Wildman–Crippen LogP) is 3.03. The van der Waals surface area contributed by atoms with E-state index in [4.69, 9.17) is 0 Å². The normalized spacial score (nSPS) is 15.2. The average Bonchev–Trinajstić information content (AvgIpc) is 2.59. The quantitative estimate of drug-likeness (QED) is 0.925. The Labute approximate surface area is 146 Å². The number of carbonyl (C=O) groups excluding carboxylic acids is 1. The van der Waals surface area contributed by atoms with Crippen molar-refractivity contribution in [2.45, 2.75) is 6.92 Å². The smallest absolute Gasteiger partial charge is 0.238 e. The molecule has 0 radical (unpaired) electrons. The van der Waals surface area contributed by atoms with Gasteiger partial charge in [0.1, 0.15) is 11.6 Å². The van der Waals surface area contributed by atoms with E-state index in [1.807, 2.05) is 0 Å². The molecule has 25 heavy (non-hydrogen) atoms. The second kappa shape index (κ2) is 7.61. The fourth-order valence-corrected chi connectivity index (χ4v) is 2.98. The van der Waals surface area contributed by atoms with Crippen LogP contribution in [0.3, 0.4) is 0 Å². The molecule has 0 spiro atoms. The van der Waals surface area contributed by atoms with Crippen molar-refractivity contribution in [2.24, 2.45) is 0 Å². The van der Waals surface area contributed by atoms with Crippen LogP contribution in [0.1, 0.15) is 5.56 Å². The van der Waals surface area contributed by atoms with E-state index < -0.39 is 0 Å². The number of carbonyl (C=O) groups is 1. The van der Waals surface area contributed by atoms with Crippen molar-refractivity contribution in [3.63, 3.8) is 0 Å². The highest BCUT2D eigenvalue weighted by Crippen LogP contribution is 2.18. The van der Waals surface area contributed by atoms with E-state index >= 15 is 0 Å². The molecule has 0 atom stereocenters. The zero-order chi connectivity index (χ0) is 17.8. The number of nitrogens with one attached hydrogen (secondary N) is 1. The summed E-state index contributed by atoms with van der Waals surface area (Å²) in [5.74, 6) is -0.660. The van der Waals surface area contributed by atoms with Crippen molar-refractivity contribution in [2.75, 3.05) is 42.9 Å². The highest BCUT2D eigenvalue weighted by atomic mass is 19.1.